The van der Waals surface area contributed by atoms with Crippen LogP contribution in [0.5, 0.6) is 5.75 Å². The van der Waals surface area contributed by atoms with E-state index in [1.165, 1.54) is 13.4 Å². The van der Waals surface area contributed by atoms with Gasteiger partial charge in [-0.05, 0) is 0 Å². The first-order chi connectivity index (χ1) is 14.2. The summed E-state index contributed by atoms with van der Waals surface area (Å²) in [5.41, 5.74) is 1.67. The van der Waals surface area contributed by atoms with Crippen LogP contribution in [0.4, 0.5) is 0 Å². The number of carbonyl (C=O) groups is 1. The average Bonchev–Trinajstić information content (AvgIpc) is 2.77. The summed E-state index contributed by atoms with van der Waals surface area (Å²) >= 11 is -1.40. The molecule has 0 unspecified atom stereocenters. The summed E-state index contributed by atoms with van der Waals surface area (Å²) < 4.78 is 9.54. The van der Waals surface area contributed by atoms with Gasteiger partial charge in [0.15, 0.2) is 0 Å². The molecule has 1 radical (unpaired) electrons. The van der Waals surface area contributed by atoms with Crippen LogP contribution < -0.4 is 18.1 Å². The minimum absolute atomic E-state index is 0.337. The van der Waals surface area contributed by atoms with Gasteiger partial charge in [0.25, 0.3) is 0 Å². The first kappa shape index (κ1) is 19.2. The summed E-state index contributed by atoms with van der Waals surface area (Å²) in [6, 6.07) is 36.6. The van der Waals surface area contributed by atoms with E-state index >= 15 is 0 Å². The van der Waals surface area contributed by atoms with Gasteiger partial charge in [-0.25, -0.2) is 0 Å². The molecule has 4 aromatic rings. The molecule has 3 heteroatoms. The molecule has 0 atom stereocenters. The molecule has 0 saturated carbocycles. The Morgan fingerprint density at radius 3 is 1.62 bits per heavy atom. The van der Waals surface area contributed by atoms with Crippen molar-refractivity contribution in [2.45, 2.75) is 6.92 Å². The number of hydrogen-bond acceptors (Lipinski definition) is 2. The third-order valence-electron chi connectivity index (χ3n) is 4.52. The molecule has 0 aliphatic heterocycles. The Morgan fingerprint density at radius 1 is 0.621 bits per heavy atom. The second kappa shape index (κ2) is 8.91. The van der Waals surface area contributed by atoms with Crippen LogP contribution in [0, 0.1) is 6.92 Å². The van der Waals surface area contributed by atoms with Crippen molar-refractivity contribution >= 4 is 33.3 Å². The molecule has 4 aromatic carbocycles. The monoisotopic (exact) mass is 445 g/mol. The SMILES string of the molecule is Cc1ccc(C(=O)Oc2ccc([Se](c3ccccc3)c3ccccc3)cc2)cc1. The molecule has 4 rings (SSSR count). The first-order valence-corrected chi connectivity index (χ1v) is 12.0. The summed E-state index contributed by atoms with van der Waals surface area (Å²) in [4.78, 5) is 12.4. The molecule has 0 aliphatic rings. The Hall–Kier alpha value is -3.13. The van der Waals surface area contributed by atoms with E-state index in [0.717, 1.165) is 5.56 Å². The second-order valence-electron chi connectivity index (χ2n) is 6.66. The molecule has 0 aromatic heterocycles. The van der Waals surface area contributed by atoms with Crippen molar-refractivity contribution in [3.05, 3.63) is 120 Å². The third-order valence-corrected chi connectivity index (χ3v) is 9.20. The third kappa shape index (κ3) is 4.65. The maximum absolute atomic E-state index is 12.4. The van der Waals surface area contributed by atoms with Gasteiger partial charge in [0.2, 0.25) is 0 Å². The van der Waals surface area contributed by atoms with Crippen molar-refractivity contribution in [3.8, 4) is 5.75 Å². The van der Waals surface area contributed by atoms with Gasteiger partial charge >= 0.3 is 176 Å². The molecule has 0 saturated heterocycles. The molecule has 0 heterocycles. The number of esters is 1. The minimum atomic E-state index is -1.40. The van der Waals surface area contributed by atoms with Crippen LogP contribution in [0.15, 0.2) is 109 Å². The van der Waals surface area contributed by atoms with Gasteiger partial charge in [0, 0.05) is 0 Å². The van der Waals surface area contributed by atoms with Crippen LogP contribution in [-0.2, 0) is 0 Å². The number of ether oxygens (including phenoxy) is 1. The van der Waals surface area contributed by atoms with E-state index in [9.17, 15) is 4.79 Å². The van der Waals surface area contributed by atoms with E-state index in [-0.39, 0.29) is 5.97 Å². The summed E-state index contributed by atoms with van der Waals surface area (Å²) in [5.74, 6) is 0.224. The van der Waals surface area contributed by atoms with Crippen LogP contribution in [0.3, 0.4) is 0 Å². The summed E-state index contributed by atoms with van der Waals surface area (Å²) in [6.07, 6.45) is 0. The molecular weight excluding hydrogens is 423 g/mol. The van der Waals surface area contributed by atoms with Crippen LogP contribution in [0.2, 0.25) is 0 Å². The van der Waals surface area contributed by atoms with Gasteiger partial charge in [-0.3, -0.25) is 0 Å². The van der Waals surface area contributed by atoms with Crippen LogP contribution >= 0.6 is 0 Å². The second-order valence-corrected chi connectivity index (χ2v) is 10.9. The molecule has 29 heavy (non-hydrogen) atoms. The zero-order chi connectivity index (χ0) is 20.1. The number of benzene rings is 4. The Balaban J connectivity index is 1.59. The normalized spacial score (nSPS) is 10.7. The summed E-state index contributed by atoms with van der Waals surface area (Å²) in [7, 11) is 0. The van der Waals surface area contributed by atoms with E-state index in [0.29, 0.717) is 11.3 Å². The maximum atomic E-state index is 12.4. The van der Waals surface area contributed by atoms with E-state index in [4.69, 9.17) is 4.74 Å². The summed E-state index contributed by atoms with van der Waals surface area (Å²) in [6.45, 7) is 1.99. The number of carbonyl (C=O) groups excluding carboxylic acids is 1. The topological polar surface area (TPSA) is 26.3 Å². The number of hydrogen-bond donors (Lipinski definition) is 0. The first-order valence-electron chi connectivity index (χ1n) is 9.44. The van der Waals surface area contributed by atoms with Crippen LogP contribution in [-0.4, -0.2) is 19.9 Å². The van der Waals surface area contributed by atoms with E-state index in [1.54, 1.807) is 12.1 Å². The van der Waals surface area contributed by atoms with Crippen molar-refractivity contribution in [1.29, 1.82) is 0 Å². The van der Waals surface area contributed by atoms with Crippen molar-refractivity contribution in [1.82, 2.24) is 0 Å². The van der Waals surface area contributed by atoms with Gasteiger partial charge in [-0.1, -0.05) is 0 Å². The average molecular weight is 444 g/mol. The van der Waals surface area contributed by atoms with Gasteiger partial charge in [-0.2, -0.15) is 0 Å². The van der Waals surface area contributed by atoms with E-state index in [1.807, 2.05) is 43.3 Å². The van der Waals surface area contributed by atoms with Crippen molar-refractivity contribution in [2.24, 2.45) is 0 Å². The van der Waals surface area contributed by atoms with Crippen molar-refractivity contribution < 1.29 is 9.53 Å². The molecule has 0 bridgehead atoms. The number of aryl methyl sites for hydroxylation is 1. The number of rotatable bonds is 5. The van der Waals surface area contributed by atoms with Crippen LogP contribution in [0.1, 0.15) is 15.9 Å². The Morgan fingerprint density at radius 2 is 1.10 bits per heavy atom. The van der Waals surface area contributed by atoms with E-state index < -0.39 is 13.9 Å². The predicted molar refractivity (Wildman–Crippen MR) is 120 cm³/mol. The standard InChI is InChI=1S/C26H21O2Se/c1-20-12-14-21(15-13-20)26(27)28-22-16-18-25(19-17-22)29(23-8-4-2-5-9-23)24-10-6-3-7-11-24/h2-19H,1H3. The van der Waals surface area contributed by atoms with Gasteiger partial charge in [-0.15, -0.1) is 0 Å². The Bertz CT molecular complexity index is 1030. The molecule has 0 fully saturated rings. The Labute approximate surface area is 175 Å². The van der Waals surface area contributed by atoms with Gasteiger partial charge in [0.1, 0.15) is 0 Å². The quantitative estimate of drug-likeness (QED) is 0.266. The molecule has 0 N–H and O–H groups in total. The molecule has 2 nitrogen and oxygen atoms in total. The summed E-state index contributed by atoms with van der Waals surface area (Å²) in [5, 5.41) is 0. The predicted octanol–water partition coefficient (Wildman–Crippen LogP) is 3.73. The van der Waals surface area contributed by atoms with E-state index in [2.05, 4.69) is 60.7 Å². The van der Waals surface area contributed by atoms with Crippen LogP contribution in [0.25, 0.3) is 0 Å². The Kier molecular flexibility index (Phi) is 5.90. The van der Waals surface area contributed by atoms with Crippen molar-refractivity contribution in [2.75, 3.05) is 0 Å². The molecule has 0 aliphatic carbocycles. The zero-order valence-electron chi connectivity index (χ0n) is 16.1. The fourth-order valence-electron chi connectivity index (χ4n) is 3.02. The fourth-order valence-corrected chi connectivity index (χ4v) is 7.39. The van der Waals surface area contributed by atoms with Gasteiger partial charge < -0.3 is 0 Å². The zero-order valence-corrected chi connectivity index (χ0v) is 17.8. The molecular formula is C26H21O2Se. The van der Waals surface area contributed by atoms with Gasteiger partial charge in [0.05, 0.1) is 0 Å². The van der Waals surface area contributed by atoms with Crippen molar-refractivity contribution in [3.63, 3.8) is 0 Å². The molecule has 0 amide bonds. The molecule has 0 spiro atoms. The fraction of sp³-hybridized carbons (Fsp3) is 0.0385. The molecule has 143 valence electrons.